The van der Waals surface area contributed by atoms with Crippen LogP contribution >= 0.6 is 0 Å². The van der Waals surface area contributed by atoms with Crippen LogP contribution in [0.4, 0.5) is 0 Å². The lowest BCUT2D eigenvalue weighted by Crippen LogP contribution is -2.32. The van der Waals surface area contributed by atoms with Crippen LogP contribution in [0.3, 0.4) is 0 Å². The van der Waals surface area contributed by atoms with Crippen molar-refractivity contribution in [3.05, 3.63) is 42.1 Å². The molecule has 3 nitrogen and oxygen atoms in total. The molecule has 1 fully saturated rings. The van der Waals surface area contributed by atoms with Crippen LogP contribution in [0, 0.1) is 0 Å². The quantitative estimate of drug-likeness (QED) is 0.937. The Morgan fingerprint density at radius 3 is 2.62 bits per heavy atom. The molecule has 2 aromatic rings. The first-order chi connectivity index (χ1) is 10.4. The lowest BCUT2D eigenvalue weighted by Gasteiger charge is -2.25. The molecule has 1 aromatic heterocycles. The standard InChI is InChI=1S/C18H25N3/c19-12-17(14-21-9-5-1-2-6-10-21)16-11-15-7-3-4-8-18(15)20-13-16/h3-4,7-8,11,13,17H,1-2,5-6,9-10,12,14,19H2. The van der Waals surface area contributed by atoms with Crippen LogP contribution in [0.1, 0.15) is 37.2 Å². The number of para-hydroxylation sites is 1. The zero-order valence-electron chi connectivity index (χ0n) is 12.7. The van der Waals surface area contributed by atoms with Crippen LogP contribution in [0.2, 0.25) is 0 Å². The topological polar surface area (TPSA) is 42.1 Å². The second kappa shape index (κ2) is 7.01. The molecule has 3 rings (SSSR count). The fourth-order valence-electron chi connectivity index (χ4n) is 3.26. The molecule has 1 aliphatic heterocycles. The lowest BCUT2D eigenvalue weighted by atomic mass is 9.98. The van der Waals surface area contributed by atoms with Crippen molar-refractivity contribution in [1.82, 2.24) is 9.88 Å². The van der Waals surface area contributed by atoms with E-state index in [1.165, 1.54) is 49.7 Å². The normalized spacial score (nSPS) is 18.5. The molecule has 1 atom stereocenters. The predicted octanol–water partition coefficient (Wildman–Crippen LogP) is 3.15. The van der Waals surface area contributed by atoms with Gasteiger partial charge in [-0.25, -0.2) is 0 Å². The zero-order chi connectivity index (χ0) is 14.5. The summed E-state index contributed by atoms with van der Waals surface area (Å²) >= 11 is 0. The summed E-state index contributed by atoms with van der Waals surface area (Å²) in [6.45, 7) is 4.20. The summed E-state index contributed by atoms with van der Waals surface area (Å²) in [5, 5.41) is 1.21. The molecule has 21 heavy (non-hydrogen) atoms. The minimum Gasteiger partial charge on any atom is -0.330 e. The number of pyridine rings is 1. The van der Waals surface area contributed by atoms with Gasteiger partial charge in [0.2, 0.25) is 0 Å². The zero-order valence-corrected chi connectivity index (χ0v) is 12.7. The average molecular weight is 283 g/mol. The molecular weight excluding hydrogens is 258 g/mol. The SMILES string of the molecule is NCC(CN1CCCCCC1)c1cnc2ccccc2c1. The number of benzene rings is 1. The Kier molecular flexibility index (Phi) is 4.84. The number of hydrogen-bond acceptors (Lipinski definition) is 3. The Morgan fingerprint density at radius 1 is 1.10 bits per heavy atom. The molecule has 0 amide bonds. The van der Waals surface area contributed by atoms with E-state index in [1.54, 1.807) is 0 Å². The van der Waals surface area contributed by atoms with Crippen molar-refractivity contribution < 1.29 is 0 Å². The highest BCUT2D eigenvalue weighted by atomic mass is 15.1. The van der Waals surface area contributed by atoms with Gasteiger partial charge in [0.05, 0.1) is 5.52 Å². The summed E-state index contributed by atoms with van der Waals surface area (Å²) in [5.41, 5.74) is 8.39. The number of nitrogens with zero attached hydrogens (tertiary/aromatic N) is 2. The third-order valence-corrected chi connectivity index (χ3v) is 4.54. The molecule has 1 saturated heterocycles. The van der Waals surface area contributed by atoms with Gasteiger partial charge in [0.1, 0.15) is 0 Å². The summed E-state index contributed by atoms with van der Waals surface area (Å²) in [4.78, 5) is 7.17. The predicted molar refractivity (Wildman–Crippen MR) is 88.4 cm³/mol. The molecular formula is C18H25N3. The highest BCUT2D eigenvalue weighted by Crippen LogP contribution is 2.21. The van der Waals surface area contributed by atoms with Crippen LogP contribution in [-0.4, -0.2) is 36.1 Å². The van der Waals surface area contributed by atoms with Crippen LogP contribution in [0.5, 0.6) is 0 Å². The Hall–Kier alpha value is -1.45. The minimum absolute atomic E-state index is 0.389. The van der Waals surface area contributed by atoms with Gasteiger partial charge in [-0.3, -0.25) is 4.98 Å². The van der Waals surface area contributed by atoms with Crippen LogP contribution in [0.25, 0.3) is 10.9 Å². The molecule has 1 unspecified atom stereocenters. The van der Waals surface area contributed by atoms with E-state index in [4.69, 9.17) is 5.73 Å². The Balaban J connectivity index is 1.77. The number of hydrogen-bond donors (Lipinski definition) is 1. The van der Waals surface area contributed by atoms with Crippen molar-refractivity contribution in [2.24, 2.45) is 5.73 Å². The first-order valence-electron chi connectivity index (χ1n) is 8.14. The summed E-state index contributed by atoms with van der Waals surface area (Å²) in [5.74, 6) is 0.389. The largest absolute Gasteiger partial charge is 0.330 e. The van der Waals surface area contributed by atoms with Crippen LogP contribution < -0.4 is 5.73 Å². The van der Waals surface area contributed by atoms with E-state index in [-0.39, 0.29) is 0 Å². The molecule has 0 spiro atoms. The summed E-state index contributed by atoms with van der Waals surface area (Å²) in [7, 11) is 0. The van der Waals surface area contributed by atoms with E-state index in [1.807, 2.05) is 12.3 Å². The lowest BCUT2D eigenvalue weighted by molar-refractivity contribution is 0.267. The van der Waals surface area contributed by atoms with E-state index < -0.39 is 0 Å². The third-order valence-electron chi connectivity index (χ3n) is 4.54. The van der Waals surface area contributed by atoms with E-state index in [2.05, 4.69) is 34.1 Å². The third kappa shape index (κ3) is 3.60. The van der Waals surface area contributed by atoms with E-state index >= 15 is 0 Å². The number of rotatable bonds is 4. The van der Waals surface area contributed by atoms with Crippen molar-refractivity contribution in [3.8, 4) is 0 Å². The van der Waals surface area contributed by atoms with Crippen LogP contribution in [-0.2, 0) is 0 Å². The van der Waals surface area contributed by atoms with Gasteiger partial charge in [0.25, 0.3) is 0 Å². The first kappa shape index (κ1) is 14.5. The summed E-state index contributed by atoms with van der Waals surface area (Å²) in [6.07, 6.45) is 7.42. The maximum Gasteiger partial charge on any atom is 0.0702 e. The van der Waals surface area contributed by atoms with Crippen molar-refractivity contribution in [2.75, 3.05) is 26.2 Å². The second-order valence-electron chi connectivity index (χ2n) is 6.11. The van der Waals surface area contributed by atoms with Gasteiger partial charge >= 0.3 is 0 Å². The van der Waals surface area contributed by atoms with Crippen molar-refractivity contribution in [3.63, 3.8) is 0 Å². The Morgan fingerprint density at radius 2 is 1.86 bits per heavy atom. The van der Waals surface area contributed by atoms with Gasteiger partial charge in [-0.1, -0.05) is 31.0 Å². The minimum atomic E-state index is 0.389. The fourth-order valence-corrected chi connectivity index (χ4v) is 3.26. The monoisotopic (exact) mass is 283 g/mol. The summed E-state index contributed by atoms with van der Waals surface area (Å²) in [6, 6.07) is 10.6. The van der Waals surface area contributed by atoms with Crippen molar-refractivity contribution in [1.29, 1.82) is 0 Å². The van der Waals surface area contributed by atoms with Gasteiger partial charge in [0.15, 0.2) is 0 Å². The van der Waals surface area contributed by atoms with Gasteiger partial charge < -0.3 is 10.6 Å². The second-order valence-corrected chi connectivity index (χ2v) is 6.11. The molecule has 1 aliphatic rings. The van der Waals surface area contributed by atoms with E-state index in [0.717, 1.165) is 12.1 Å². The molecule has 112 valence electrons. The number of fused-ring (bicyclic) bond motifs is 1. The van der Waals surface area contributed by atoms with Gasteiger partial charge in [-0.2, -0.15) is 0 Å². The van der Waals surface area contributed by atoms with E-state index in [0.29, 0.717) is 12.5 Å². The number of likely N-dealkylation sites (tertiary alicyclic amines) is 1. The van der Waals surface area contributed by atoms with Crippen molar-refractivity contribution >= 4 is 10.9 Å². The maximum atomic E-state index is 6.05. The van der Waals surface area contributed by atoms with Crippen LogP contribution in [0.15, 0.2) is 36.5 Å². The maximum absolute atomic E-state index is 6.05. The highest BCUT2D eigenvalue weighted by molar-refractivity contribution is 5.78. The number of nitrogens with two attached hydrogens (primary N) is 1. The van der Waals surface area contributed by atoms with E-state index in [9.17, 15) is 0 Å². The Labute approximate surface area is 127 Å². The smallest absolute Gasteiger partial charge is 0.0702 e. The molecule has 3 heteroatoms. The number of aromatic nitrogens is 1. The summed E-state index contributed by atoms with van der Waals surface area (Å²) < 4.78 is 0. The molecule has 0 saturated carbocycles. The van der Waals surface area contributed by atoms with Gasteiger partial charge in [0, 0.05) is 30.6 Å². The van der Waals surface area contributed by atoms with Gasteiger partial charge in [-0.05, 0) is 43.6 Å². The van der Waals surface area contributed by atoms with Gasteiger partial charge in [-0.15, -0.1) is 0 Å². The van der Waals surface area contributed by atoms with Crippen molar-refractivity contribution in [2.45, 2.75) is 31.6 Å². The fraction of sp³-hybridized carbons (Fsp3) is 0.500. The molecule has 1 aromatic carbocycles. The molecule has 0 radical (unpaired) electrons. The average Bonchev–Trinajstić information content (AvgIpc) is 2.81. The molecule has 2 N–H and O–H groups in total. The highest BCUT2D eigenvalue weighted by Gasteiger charge is 2.17. The first-order valence-corrected chi connectivity index (χ1v) is 8.14. The molecule has 0 bridgehead atoms. The molecule has 2 heterocycles. The Bertz CT molecular complexity index is 573. The molecule has 0 aliphatic carbocycles.